The summed E-state index contributed by atoms with van der Waals surface area (Å²) in [5.74, 6) is -0.984. The number of carbonyl (C=O) groups is 1. The number of carbonyl (C=O) groups excluding carboxylic acids is 1. The summed E-state index contributed by atoms with van der Waals surface area (Å²) < 4.78 is 47.0. The first-order chi connectivity index (χ1) is 14.8. The number of halogens is 1. The van der Waals surface area contributed by atoms with Crippen molar-refractivity contribution in [2.75, 3.05) is 26.1 Å². The van der Waals surface area contributed by atoms with E-state index in [1.54, 1.807) is 6.07 Å². The number of sulfonamides is 1. The van der Waals surface area contributed by atoms with E-state index in [2.05, 4.69) is 0 Å². The minimum absolute atomic E-state index is 0.0916. The van der Waals surface area contributed by atoms with Crippen molar-refractivity contribution in [3.8, 4) is 5.75 Å². The second-order valence-corrected chi connectivity index (χ2v) is 8.94. The van der Waals surface area contributed by atoms with Crippen molar-refractivity contribution in [1.29, 1.82) is 0 Å². The minimum Gasteiger partial charge on any atom is -0.495 e. The number of amides is 1. The zero-order valence-electron chi connectivity index (χ0n) is 17.4. The Hall–Kier alpha value is -3.23. The highest BCUT2D eigenvalue weighted by Gasteiger charge is 2.27. The summed E-state index contributed by atoms with van der Waals surface area (Å²) >= 11 is 0. The molecule has 0 unspecified atom stereocenters. The Morgan fingerprint density at radius 2 is 1.61 bits per heavy atom. The van der Waals surface area contributed by atoms with Gasteiger partial charge < -0.3 is 9.64 Å². The van der Waals surface area contributed by atoms with Gasteiger partial charge in [-0.25, -0.2) is 12.8 Å². The Morgan fingerprint density at radius 1 is 0.968 bits per heavy atom. The maximum Gasteiger partial charge on any atom is 0.258 e. The van der Waals surface area contributed by atoms with Gasteiger partial charge >= 0.3 is 0 Å². The molecule has 0 heterocycles. The van der Waals surface area contributed by atoms with Crippen LogP contribution in [0.5, 0.6) is 5.75 Å². The van der Waals surface area contributed by atoms with E-state index in [1.807, 2.05) is 30.3 Å². The molecule has 0 radical (unpaired) electrons. The molecule has 0 saturated carbocycles. The topological polar surface area (TPSA) is 66.9 Å². The molecule has 0 N–H and O–H groups in total. The molecule has 0 spiro atoms. The van der Waals surface area contributed by atoms with E-state index in [0.29, 0.717) is 0 Å². The molecule has 0 atom stereocenters. The molecule has 0 saturated heterocycles. The maximum atomic E-state index is 14.1. The fraction of sp³-hybridized carbons (Fsp3) is 0.174. The van der Waals surface area contributed by atoms with Gasteiger partial charge in [-0.2, -0.15) is 4.31 Å². The fourth-order valence-corrected chi connectivity index (χ4v) is 4.47. The number of rotatable bonds is 7. The number of nitrogens with zero attached hydrogens (tertiary/aromatic N) is 2. The van der Waals surface area contributed by atoms with Gasteiger partial charge in [0.05, 0.1) is 12.8 Å². The molecule has 8 heteroatoms. The van der Waals surface area contributed by atoms with Crippen LogP contribution in [0.1, 0.15) is 15.9 Å². The molecular weight excluding hydrogens is 419 g/mol. The second kappa shape index (κ2) is 9.28. The lowest BCUT2D eigenvalue weighted by atomic mass is 10.1. The molecule has 0 aliphatic rings. The number of benzene rings is 3. The van der Waals surface area contributed by atoms with Gasteiger partial charge in [0.15, 0.2) is 0 Å². The highest BCUT2D eigenvalue weighted by Crippen LogP contribution is 2.29. The molecule has 0 aliphatic heterocycles. The van der Waals surface area contributed by atoms with Gasteiger partial charge in [-0.05, 0) is 35.9 Å². The van der Waals surface area contributed by atoms with Crippen molar-refractivity contribution in [1.82, 2.24) is 4.31 Å². The van der Waals surface area contributed by atoms with Crippen molar-refractivity contribution in [2.45, 2.75) is 11.4 Å². The monoisotopic (exact) mass is 442 g/mol. The van der Waals surface area contributed by atoms with E-state index in [0.717, 1.165) is 10.5 Å². The molecule has 0 fully saturated rings. The number of para-hydroxylation sites is 1. The fourth-order valence-electron chi connectivity index (χ4n) is 3.13. The summed E-state index contributed by atoms with van der Waals surface area (Å²) in [6.07, 6.45) is 0. The average Bonchev–Trinajstić information content (AvgIpc) is 2.78. The van der Waals surface area contributed by atoms with Crippen LogP contribution >= 0.6 is 0 Å². The Kier molecular flexibility index (Phi) is 6.72. The molecule has 3 aromatic carbocycles. The standard InChI is InChI=1S/C23H23FN2O4S/c1-25(16-17-9-5-4-6-10-17)31(28,29)22-15-18(13-14-21(22)30-3)23(27)26(2)20-12-8-7-11-19(20)24/h4-15H,16H2,1-3H3. The van der Waals surface area contributed by atoms with Crippen LogP contribution in [0.3, 0.4) is 0 Å². The normalized spacial score (nSPS) is 11.4. The molecule has 0 bridgehead atoms. The number of anilines is 1. The number of ether oxygens (including phenoxy) is 1. The van der Waals surface area contributed by atoms with E-state index in [9.17, 15) is 17.6 Å². The average molecular weight is 443 g/mol. The van der Waals surface area contributed by atoms with Crippen molar-refractivity contribution >= 4 is 21.6 Å². The Morgan fingerprint density at radius 3 is 2.26 bits per heavy atom. The molecule has 162 valence electrons. The zero-order chi connectivity index (χ0) is 22.6. The van der Waals surface area contributed by atoms with Crippen molar-refractivity contribution in [3.63, 3.8) is 0 Å². The summed E-state index contributed by atoms with van der Waals surface area (Å²) in [5, 5.41) is 0. The smallest absolute Gasteiger partial charge is 0.258 e. The predicted octanol–water partition coefficient (Wildman–Crippen LogP) is 3.93. The van der Waals surface area contributed by atoms with E-state index in [1.165, 1.54) is 61.9 Å². The quantitative estimate of drug-likeness (QED) is 0.556. The van der Waals surface area contributed by atoms with Crippen LogP contribution in [-0.4, -0.2) is 39.8 Å². The molecule has 0 aliphatic carbocycles. The van der Waals surface area contributed by atoms with Gasteiger partial charge in [-0.1, -0.05) is 42.5 Å². The summed E-state index contributed by atoms with van der Waals surface area (Å²) in [6, 6.07) is 19.2. The van der Waals surface area contributed by atoms with Crippen LogP contribution in [0, 0.1) is 5.82 Å². The van der Waals surface area contributed by atoms with Crippen LogP contribution in [0.25, 0.3) is 0 Å². The first kappa shape index (κ1) is 22.5. The molecular formula is C23H23FN2O4S. The highest BCUT2D eigenvalue weighted by atomic mass is 32.2. The van der Waals surface area contributed by atoms with E-state index in [4.69, 9.17) is 4.74 Å². The van der Waals surface area contributed by atoms with E-state index < -0.39 is 21.7 Å². The summed E-state index contributed by atoms with van der Waals surface area (Å²) in [7, 11) is 0.280. The Bertz CT molecular complexity index is 1180. The number of hydrogen-bond acceptors (Lipinski definition) is 4. The second-order valence-electron chi connectivity index (χ2n) is 6.93. The third kappa shape index (κ3) is 4.76. The molecule has 31 heavy (non-hydrogen) atoms. The van der Waals surface area contributed by atoms with Crippen LogP contribution in [0.4, 0.5) is 10.1 Å². The van der Waals surface area contributed by atoms with Crippen LogP contribution < -0.4 is 9.64 Å². The van der Waals surface area contributed by atoms with Gasteiger partial charge in [0, 0.05) is 26.2 Å². The summed E-state index contributed by atoms with van der Waals surface area (Å²) in [5.41, 5.74) is 1.01. The zero-order valence-corrected chi connectivity index (χ0v) is 18.3. The van der Waals surface area contributed by atoms with Crippen LogP contribution in [-0.2, 0) is 16.6 Å². The third-order valence-corrected chi connectivity index (χ3v) is 6.69. The summed E-state index contributed by atoms with van der Waals surface area (Å²) in [6.45, 7) is 0.152. The van der Waals surface area contributed by atoms with Gasteiger partial charge in [0.25, 0.3) is 5.91 Å². The maximum absolute atomic E-state index is 14.1. The van der Waals surface area contributed by atoms with Crippen LogP contribution in [0.2, 0.25) is 0 Å². The lowest BCUT2D eigenvalue weighted by Gasteiger charge is -2.21. The largest absolute Gasteiger partial charge is 0.495 e. The summed E-state index contributed by atoms with van der Waals surface area (Å²) in [4.78, 5) is 13.9. The van der Waals surface area contributed by atoms with E-state index in [-0.39, 0.29) is 28.4 Å². The van der Waals surface area contributed by atoms with Crippen molar-refractivity contribution in [2.24, 2.45) is 0 Å². The lowest BCUT2D eigenvalue weighted by molar-refractivity contribution is 0.0992. The Balaban J connectivity index is 1.96. The van der Waals surface area contributed by atoms with Gasteiger partial charge in [0.2, 0.25) is 10.0 Å². The Labute approximate surface area is 181 Å². The molecule has 1 amide bonds. The molecule has 6 nitrogen and oxygen atoms in total. The first-order valence-corrected chi connectivity index (χ1v) is 10.9. The molecule has 3 aromatic rings. The minimum atomic E-state index is -3.97. The highest BCUT2D eigenvalue weighted by molar-refractivity contribution is 7.89. The predicted molar refractivity (Wildman–Crippen MR) is 117 cm³/mol. The van der Waals surface area contributed by atoms with Gasteiger partial charge in [-0.15, -0.1) is 0 Å². The number of methoxy groups -OCH3 is 1. The van der Waals surface area contributed by atoms with Crippen molar-refractivity contribution in [3.05, 3.63) is 89.7 Å². The van der Waals surface area contributed by atoms with Gasteiger partial charge in [0.1, 0.15) is 16.5 Å². The number of hydrogen-bond donors (Lipinski definition) is 0. The molecule has 3 rings (SSSR count). The van der Waals surface area contributed by atoms with Crippen molar-refractivity contribution < 1.29 is 22.3 Å². The third-order valence-electron chi connectivity index (χ3n) is 4.87. The SMILES string of the molecule is COc1ccc(C(=O)N(C)c2ccccc2F)cc1S(=O)(=O)N(C)Cc1ccccc1. The lowest BCUT2D eigenvalue weighted by Crippen LogP contribution is -2.29. The van der Waals surface area contributed by atoms with E-state index >= 15 is 0 Å². The first-order valence-electron chi connectivity index (χ1n) is 9.46. The van der Waals surface area contributed by atoms with Crippen LogP contribution in [0.15, 0.2) is 77.7 Å². The van der Waals surface area contributed by atoms with Gasteiger partial charge in [-0.3, -0.25) is 4.79 Å². The molecule has 0 aromatic heterocycles.